The number of nitrogens with zero attached hydrogens (tertiary/aromatic N) is 1. The van der Waals surface area contributed by atoms with Gasteiger partial charge in [0.15, 0.2) is 0 Å². The van der Waals surface area contributed by atoms with Gasteiger partial charge >= 0.3 is 0 Å². The van der Waals surface area contributed by atoms with Crippen LogP contribution in [0.25, 0.3) is 0 Å². The maximum Gasteiger partial charge on any atom is 0.251 e. The van der Waals surface area contributed by atoms with Crippen LogP contribution in [0.5, 0.6) is 0 Å². The normalized spacial score (nSPS) is 14.4. The van der Waals surface area contributed by atoms with Crippen LogP contribution < -0.4 is 15.5 Å². The molecule has 32 heavy (non-hydrogen) atoms. The van der Waals surface area contributed by atoms with E-state index in [1.807, 2.05) is 60.7 Å². The quantitative estimate of drug-likeness (QED) is 0.546. The zero-order valence-electron chi connectivity index (χ0n) is 18.2. The number of hydrogen-bond acceptors (Lipinski definition) is 3. The molecule has 2 N–H and O–H groups in total. The summed E-state index contributed by atoms with van der Waals surface area (Å²) < 4.78 is 0. The van der Waals surface area contributed by atoms with Crippen molar-refractivity contribution in [1.82, 2.24) is 5.32 Å². The molecular weight excluding hydrogens is 398 g/mol. The van der Waals surface area contributed by atoms with E-state index in [-0.39, 0.29) is 18.2 Å². The van der Waals surface area contributed by atoms with E-state index in [1.165, 1.54) is 24.9 Å². The fourth-order valence-corrected chi connectivity index (χ4v) is 4.07. The van der Waals surface area contributed by atoms with Crippen molar-refractivity contribution in [3.8, 4) is 0 Å². The average Bonchev–Trinajstić information content (AvgIpc) is 2.85. The third-order valence-electron chi connectivity index (χ3n) is 5.81. The number of nitrogens with one attached hydrogen (secondary N) is 2. The van der Waals surface area contributed by atoms with Gasteiger partial charge in [0.1, 0.15) is 0 Å². The van der Waals surface area contributed by atoms with Crippen molar-refractivity contribution in [2.75, 3.05) is 23.3 Å². The molecule has 3 aromatic rings. The highest BCUT2D eigenvalue weighted by atomic mass is 16.2. The standard InChI is InChI=1S/C27H29N3O2/c31-26(28-23-14-16-24(17-15-23)30-18-8-3-9-19-30)20-25(21-10-4-1-5-11-21)29-27(32)22-12-6-2-7-13-22/h1-2,4-7,10-17,25H,3,8-9,18-20H2,(H,28,31)(H,29,32)/t25-/m0/s1. The van der Waals surface area contributed by atoms with E-state index in [1.54, 1.807) is 12.1 Å². The first-order valence-corrected chi connectivity index (χ1v) is 11.2. The van der Waals surface area contributed by atoms with Crippen molar-refractivity contribution in [3.63, 3.8) is 0 Å². The molecule has 0 saturated carbocycles. The van der Waals surface area contributed by atoms with Gasteiger partial charge in [0.2, 0.25) is 5.91 Å². The fraction of sp³-hybridized carbons (Fsp3) is 0.259. The number of carbonyl (C=O) groups is 2. The lowest BCUT2D eigenvalue weighted by Crippen LogP contribution is -2.31. The van der Waals surface area contributed by atoms with Gasteiger partial charge < -0.3 is 15.5 Å². The first-order valence-electron chi connectivity index (χ1n) is 11.2. The van der Waals surface area contributed by atoms with Gasteiger partial charge in [-0.1, -0.05) is 48.5 Å². The predicted octanol–water partition coefficient (Wildman–Crippen LogP) is 5.18. The van der Waals surface area contributed by atoms with Gasteiger partial charge in [-0.2, -0.15) is 0 Å². The minimum atomic E-state index is -0.420. The Bertz CT molecular complexity index is 1010. The van der Waals surface area contributed by atoms with Crippen LogP contribution >= 0.6 is 0 Å². The molecule has 3 aromatic carbocycles. The van der Waals surface area contributed by atoms with Crippen molar-refractivity contribution in [2.24, 2.45) is 0 Å². The molecule has 5 heteroatoms. The molecule has 2 amide bonds. The van der Waals surface area contributed by atoms with E-state index < -0.39 is 6.04 Å². The van der Waals surface area contributed by atoms with Crippen LogP contribution in [-0.4, -0.2) is 24.9 Å². The van der Waals surface area contributed by atoms with Crippen molar-refractivity contribution >= 4 is 23.2 Å². The summed E-state index contributed by atoms with van der Waals surface area (Å²) in [5.74, 6) is -0.337. The highest BCUT2D eigenvalue weighted by Gasteiger charge is 2.19. The van der Waals surface area contributed by atoms with Crippen LogP contribution in [0, 0.1) is 0 Å². The second-order valence-corrected chi connectivity index (χ2v) is 8.15. The van der Waals surface area contributed by atoms with Crippen molar-refractivity contribution < 1.29 is 9.59 Å². The van der Waals surface area contributed by atoms with Crippen molar-refractivity contribution in [2.45, 2.75) is 31.7 Å². The Kier molecular flexibility index (Phi) is 7.18. The zero-order valence-corrected chi connectivity index (χ0v) is 18.2. The van der Waals surface area contributed by atoms with Crippen LogP contribution in [0.2, 0.25) is 0 Å². The van der Waals surface area contributed by atoms with E-state index in [2.05, 4.69) is 27.7 Å². The number of benzene rings is 3. The molecule has 164 valence electrons. The monoisotopic (exact) mass is 427 g/mol. The number of hydrogen-bond donors (Lipinski definition) is 2. The Morgan fingerprint density at radius 2 is 1.41 bits per heavy atom. The smallest absolute Gasteiger partial charge is 0.251 e. The van der Waals surface area contributed by atoms with Crippen LogP contribution in [-0.2, 0) is 4.79 Å². The lowest BCUT2D eigenvalue weighted by atomic mass is 10.0. The largest absolute Gasteiger partial charge is 0.372 e. The van der Waals surface area contributed by atoms with E-state index in [0.29, 0.717) is 5.56 Å². The van der Waals surface area contributed by atoms with E-state index in [9.17, 15) is 9.59 Å². The molecule has 1 fully saturated rings. The van der Waals surface area contributed by atoms with E-state index >= 15 is 0 Å². The predicted molar refractivity (Wildman–Crippen MR) is 129 cm³/mol. The van der Waals surface area contributed by atoms with E-state index in [4.69, 9.17) is 0 Å². The number of piperidine rings is 1. The molecule has 4 rings (SSSR count). The first-order chi connectivity index (χ1) is 15.7. The highest BCUT2D eigenvalue weighted by Crippen LogP contribution is 2.23. The van der Waals surface area contributed by atoms with Crippen LogP contribution in [0.4, 0.5) is 11.4 Å². The van der Waals surface area contributed by atoms with Gasteiger partial charge in [-0.3, -0.25) is 9.59 Å². The Balaban J connectivity index is 1.41. The second kappa shape index (κ2) is 10.6. The molecule has 1 saturated heterocycles. The molecule has 1 aliphatic heterocycles. The van der Waals surface area contributed by atoms with Crippen molar-refractivity contribution in [1.29, 1.82) is 0 Å². The summed E-state index contributed by atoms with van der Waals surface area (Å²) in [6.45, 7) is 2.18. The lowest BCUT2D eigenvalue weighted by Gasteiger charge is -2.28. The molecular formula is C27H29N3O2. The maximum atomic E-state index is 12.8. The molecule has 1 atom stereocenters. The lowest BCUT2D eigenvalue weighted by molar-refractivity contribution is -0.116. The molecule has 0 spiro atoms. The summed E-state index contributed by atoms with van der Waals surface area (Å²) in [5, 5.41) is 5.99. The van der Waals surface area contributed by atoms with Crippen LogP contribution in [0.3, 0.4) is 0 Å². The minimum absolute atomic E-state index is 0.141. The summed E-state index contributed by atoms with van der Waals surface area (Å²) in [6.07, 6.45) is 3.91. The zero-order chi connectivity index (χ0) is 22.2. The summed E-state index contributed by atoms with van der Waals surface area (Å²) in [6, 6.07) is 26.2. The summed E-state index contributed by atoms with van der Waals surface area (Å²) in [4.78, 5) is 27.9. The van der Waals surface area contributed by atoms with Gasteiger partial charge in [-0.05, 0) is 61.2 Å². The number of amides is 2. The average molecular weight is 428 g/mol. The van der Waals surface area contributed by atoms with Gasteiger partial charge in [0, 0.05) is 30.0 Å². The summed E-state index contributed by atoms with van der Waals surface area (Å²) in [5.41, 5.74) is 3.42. The summed E-state index contributed by atoms with van der Waals surface area (Å²) >= 11 is 0. The van der Waals surface area contributed by atoms with Gasteiger partial charge in [-0.15, -0.1) is 0 Å². The molecule has 0 bridgehead atoms. The molecule has 0 aromatic heterocycles. The molecule has 0 aliphatic carbocycles. The first kappa shape index (κ1) is 21.6. The Hall–Kier alpha value is -3.60. The third kappa shape index (κ3) is 5.76. The molecule has 0 unspecified atom stereocenters. The van der Waals surface area contributed by atoms with E-state index in [0.717, 1.165) is 24.3 Å². The number of anilines is 2. The van der Waals surface area contributed by atoms with Crippen LogP contribution in [0.1, 0.15) is 47.6 Å². The van der Waals surface area contributed by atoms with Crippen molar-refractivity contribution in [3.05, 3.63) is 96.1 Å². The van der Waals surface area contributed by atoms with Gasteiger partial charge in [0.25, 0.3) is 5.91 Å². The van der Waals surface area contributed by atoms with Crippen LogP contribution in [0.15, 0.2) is 84.9 Å². The summed E-state index contributed by atoms with van der Waals surface area (Å²) in [7, 11) is 0. The highest BCUT2D eigenvalue weighted by molar-refractivity contribution is 5.96. The van der Waals surface area contributed by atoms with Gasteiger partial charge in [-0.25, -0.2) is 0 Å². The number of rotatable bonds is 7. The maximum absolute atomic E-state index is 12.8. The Morgan fingerprint density at radius 3 is 2.06 bits per heavy atom. The molecule has 5 nitrogen and oxygen atoms in total. The van der Waals surface area contributed by atoms with Gasteiger partial charge in [0.05, 0.1) is 12.5 Å². The topological polar surface area (TPSA) is 61.4 Å². The molecule has 1 heterocycles. The fourth-order valence-electron chi connectivity index (χ4n) is 4.07. The Labute approximate surface area is 189 Å². The second-order valence-electron chi connectivity index (χ2n) is 8.15. The molecule has 0 radical (unpaired) electrons. The SMILES string of the molecule is O=C(C[C@H](NC(=O)c1ccccc1)c1ccccc1)Nc1ccc(N2CCCCC2)cc1. The molecule has 1 aliphatic rings. The minimum Gasteiger partial charge on any atom is -0.372 e. The third-order valence-corrected chi connectivity index (χ3v) is 5.81. The Morgan fingerprint density at radius 1 is 0.781 bits per heavy atom. The number of carbonyl (C=O) groups excluding carboxylic acids is 2.